The maximum absolute atomic E-state index is 13.9. The van der Waals surface area contributed by atoms with E-state index in [2.05, 4.69) is 17.0 Å². The van der Waals surface area contributed by atoms with Gasteiger partial charge in [-0.15, -0.1) is 0 Å². The lowest BCUT2D eigenvalue weighted by molar-refractivity contribution is 0.0995. The van der Waals surface area contributed by atoms with Crippen molar-refractivity contribution in [2.45, 2.75) is 38.9 Å². The fraction of sp³-hybridized carbons (Fsp3) is 0.400. The van der Waals surface area contributed by atoms with Crippen molar-refractivity contribution in [1.82, 2.24) is 20.0 Å². The summed E-state index contributed by atoms with van der Waals surface area (Å²) in [5.74, 6) is 0.0103. The lowest BCUT2D eigenvalue weighted by atomic mass is 10.0. The van der Waals surface area contributed by atoms with Crippen LogP contribution >= 0.6 is 23.2 Å². The molecule has 0 fully saturated rings. The van der Waals surface area contributed by atoms with Gasteiger partial charge < -0.3 is 16.0 Å². The molecule has 3 rings (SSSR count). The summed E-state index contributed by atoms with van der Waals surface area (Å²) >= 11 is 12.1. The number of halogens is 3. The van der Waals surface area contributed by atoms with E-state index in [1.54, 1.807) is 22.9 Å². The van der Waals surface area contributed by atoms with Crippen LogP contribution in [0.1, 0.15) is 42.9 Å². The molecule has 29 heavy (non-hydrogen) atoms. The van der Waals surface area contributed by atoms with Crippen LogP contribution < -0.4 is 11.1 Å². The molecule has 3 N–H and O–H groups in total. The molecule has 0 bridgehead atoms. The normalized spacial score (nSPS) is 16.5. The van der Waals surface area contributed by atoms with Gasteiger partial charge in [-0.1, -0.05) is 35.8 Å². The van der Waals surface area contributed by atoms with Gasteiger partial charge in [0.15, 0.2) is 0 Å². The van der Waals surface area contributed by atoms with Crippen LogP contribution in [0.2, 0.25) is 10.0 Å². The van der Waals surface area contributed by atoms with Gasteiger partial charge in [-0.25, -0.2) is 4.39 Å². The number of benzene rings is 1. The third-order valence-electron chi connectivity index (χ3n) is 4.65. The smallest absolute Gasteiger partial charge is 0.252 e. The van der Waals surface area contributed by atoms with Crippen LogP contribution in [0.5, 0.6) is 0 Å². The van der Waals surface area contributed by atoms with E-state index < -0.39 is 18.6 Å². The Balaban J connectivity index is 2.08. The highest BCUT2D eigenvalue weighted by atomic mass is 35.5. The number of nitrogens with zero attached hydrogens (tertiary/aromatic N) is 3. The Bertz CT molecular complexity index is 967. The molecule has 1 aliphatic heterocycles. The molecule has 1 aromatic heterocycles. The Labute approximate surface area is 179 Å². The summed E-state index contributed by atoms with van der Waals surface area (Å²) < 4.78 is 15.5. The van der Waals surface area contributed by atoms with Gasteiger partial charge in [-0.05, 0) is 32.9 Å². The second kappa shape index (κ2) is 7.88. The zero-order valence-electron chi connectivity index (χ0n) is 16.6. The molecule has 1 aromatic carbocycles. The molecular weight excluding hydrogens is 416 g/mol. The van der Waals surface area contributed by atoms with Crippen molar-refractivity contribution in [3.05, 3.63) is 51.9 Å². The SMILES string of the molecule is C=C(NC(C)(C)C)N1Cc2c(C(N)=O)c(-c3ccc(Cl)c(Cl)c3)nn2C(CF)C1. The van der Waals surface area contributed by atoms with Crippen molar-refractivity contribution in [3.8, 4) is 11.3 Å². The van der Waals surface area contributed by atoms with Gasteiger partial charge in [0.25, 0.3) is 5.91 Å². The first kappa shape index (κ1) is 21.5. The van der Waals surface area contributed by atoms with Gasteiger partial charge in [0.05, 0.1) is 39.7 Å². The number of amides is 1. The van der Waals surface area contributed by atoms with Crippen LogP contribution in [-0.4, -0.2) is 39.3 Å². The highest BCUT2D eigenvalue weighted by molar-refractivity contribution is 6.42. The molecule has 2 heterocycles. The molecule has 0 saturated heterocycles. The molecule has 1 unspecified atom stereocenters. The van der Waals surface area contributed by atoms with Crippen LogP contribution in [0.4, 0.5) is 4.39 Å². The largest absolute Gasteiger partial charge is 0.368 e. The van der Waals surface area contributed by atoms with E-state index in [4.69, 9.17) is 28.9 Å². The number of rotatable bonds is 5. The van der Waals surface area contributed by atoms with Gasteiger partial charge in [-0.2, -0.15) is 5.10 Å². The number of carbonyl (C=O) groups is 1. The fourth-order valence-corrected chi connectivity index (χ4v) is 3.73. The Kier molecular flexibility index (Phi) is 5.83. The van der Waals surface area contributed by atoms with Gasteiger partial charge in [0, 0.05) is 17.6 Å². The lowest BCUT2D eigenvalue weighted by Crippen LogP contribution is -2.46. The first-order valence-electron chi connectivity index (χ1n) is 9.16. The fourth-order valence-electron chi connectivity index (χ4n) is 3.44. The highest BCUT2D eigenvalue weighted by Gasteiger charge is 2.34. The number of nitrogens with two attached hydrogens (primary N) is 1. The first-order chi connectivity index (χ1) is 13.5. The third-order valence-corrected chi connectivity index (χ3v) is 5.38. The molecule has 1 aliphatic rings. The van der Waals surface area contributed by atoms with Gasteiger partial charge in [0.2, 0.25) is 0 Å². The van der Waals surface area contributed by atoms with Crippen molar-refractivity contribution in [3.63, 3.8) is 0 Å². The maximum Gasteiger partial charge on any atom is 0.252 e. The van der Waals surface area contributed by atoms with E-state index in [0.29, 0.717) is 45.9 Å². The molecule has 156 valence electrons. The summed E-state index contributed by atoms with van der Waals surface area (Å²) in [7, 11) is 0. The zero-order valence-corrected chi connectivity index (χ0v) is 18.1. The lowest BCUT2D eigenvalue weighted by Gasteiger charge is -2.38. The summed E-state index contributed by atoms with van der Waals surface area (Å²) in [6.07, 6.45) is 0. The number of hydrogen-bond acceptors (Lipinski definition) is 4. The average Bonchev–Trinajstić information content (AvgIpc) is 3.01. The quantitative estimate of drug-likeness (QED) is 0.733. The predicted molar refractivity (Wildman–Crippen MR) is 114 cm³/mol. The van der Waals surface area contributed by atoms with Crippen LogP contribution in [-0.2, 0) is 6.54 Å². The number of carbonyl (C=O) groups excluding carboxylic acids is 1. The molecule has 6 nitrogen and oxygen atoms in total. The molecular formula is C20H24Cl2FN5O. The van der Waals surface area contributed by atoms with Crippen molar-refractivity contribution < 1.29 is 9.18 Å². The topological polar surface area (TPSA) is 76.2 Å². The van der Waals surface area contributed by atoms with Gasteiger partial charge in [-0.3, -0.25) is 9.48 Å². The molecule has 0 saturated carbocycles. The molecule has 0 aliphatic carbocycles. The van der Waals surface area contributed by atoms with Crippen molar-refractivity contribution >= 4 is 29.1 Å². The third kappa shape index (κ3) is 4.36. The Morgan fingerprint density at radius 1 is 1.38 bits per heavy atom. The minimum absolute atomic E-state index is 0.211. The van der Waals surface area contributed by atoms with Crippen molar-refractivity contribution in [2.75, 3.05) is 13.2 Å². The molecule has 0 spiro atoms. The first-order valence-corrected chi connectivity index (χ1v) is 9.92. The zero-order chi connectivity index (χ0) is 21.5. The Morgan fingerprint density at radius 3 is 2.62 bits per heavy atom. The van der Waals surface area contributed by atoms with Crippen LogP contribution in [0.3, 0.4) is 0 Å². The van der Waals surface area contributed by atoms with E-state index >= 15 is 0 Å². The number of fused-ring (bicyclic) bond motifs is 1. The van der Waals surface area contributed by atoms with Crippen molar-refractivity contribution in [1.29, 1.82) is 0 Å². The van der Waals surface area contributed by atoms with E-state index in [9.17, 15) is 9.18 Å². The molecule has 9 heteroatoms. The average molecular weight is 440 g/mol. The molecule has 2 aromatic rings. The van der Waals surface area contributed by atoms with Crippen LogP contribution in [0, 0.1) is 0 Å². The molecule has 0 radical (unpaired) electrons. The van der Waals surface area contributed by atoms with Crippen LogP contribution in [0.15, 0.2) is 30.6 Å². The summed E-state index contributed by atoms with van der Waals surface area (Å²) in [6, 6.07) is 4.37. The van der Waals surface area contributed by atoms with E-state index in [1.165, 1.54) is 0 Å². The predicted octanol–water partition coefficient (Wildman–Crippen LogP) is 4.14. The minimum atomic E-state index is -0.646. The number of primary amides is 1. The minimum Gasteiger partial charge on any atom is -0.368 e. The second-order valence-corrected chi connectivity index (χ2v) is 8.93. The number of nitrogens with one attached hydrogen (secondary N) is 1. The molecule has 1 amide bonds. The summed E-state index contributed by atoms with van der Waals surface area (Å²) in [5.41, 5.74) is 7.23. The van der Waals surface area contributed by atoms with E-state index in [1.807, 2.05) is 25.7 Å². The molecule has 1 atom stereocenters. The van der Waals surface area contributed by atoms with Gasteiger partial charge in [0.1, 0.15) is 12.4 Å². The highest BCUT2D eigenvalue weighted by Crippen LogP contribution is 2.35. The Hall–Kier alpha value is -2.25. The van der Waals surface area contributed by atoms with Crippen LogP contribution in [0.25, 0.3) is 11.3 Å². The summed E-state index contributed by atoms with van der Waals surface area (Å²) in [5, 5.41) is 8.54. The summed E-state index contributed by atoms with van der Waals surface area (Å²) in [4.78, 5) is 14.2. The van der Waals surface area contributed by atoms with Crippen molar-refractivity contribution in [2.24, 2.45) is 5.73 Å². The number of hydrogen-bond donors (Lipinski definition) is 2. The van der Waals surface area contributed by atoms with E-state index in [0.717, 1.165) is 0 Å². The summed E-state index contributed by atoms with van der Waals surface area (Å²) in [6.45, 7) is 10.2. The standard InChI is InChI=1S/C20H24Cl2FN5O/c1-11(25-20(2,3)4)27-9-13(8-23)28-16(10-27)17(19(24)29)18(26-28)12-5-6-14(21)15(22)7-12/h5-7,13,25H,1,8-10H2,2-4H3,(H2,24,29). The maximum atomic E-state index is 13.9. The monoisotopic (exact) mass is 439 g/mol. The second-order valence-electron chi connectivity index (χ2n) is 8.12. The van der Waals surface area contributed by atoms with E-state index in [-0.39, 0.29) is 11.1 Å². The Morgan fingerprint density at radius 2 is 2.07 bits per heavy atom. The number of alkyl halides is 1. The number of aromatic nitrogens is 2. The van der Waals surface area contributed by atoms with Gasteiger partial charge >= 0.3 is 0 Å².